The maximum absolute atomic E-state index is 13.2. The van der Waals surface area contributed by atoms with E-state index in [0.717, 1.165) is 22.4 Å². The van der Waals surface area contributed by atoms with Gasteiger partial charge in [0.05, 0.1) is 19.0 Å². The van der Waals surface area contributed by atoms with Crippen LogP contribution in [0.4, 0.5) is 10.1 Å². The third-order valence-corrected chi connectivity index (χ3v) is 5.15. The molecule has 0 unspecified atom stereocenters. The molecule has 0 aliphatic carbocycles. The van der Waals surface area contributed by atoms with Crippen molar-refractivity contribution in [1.29, 1.82) is 0 Å². The Morgan fingerprint density at radius 3 is 2.13 bits per heavy atom. The number of halogens is 1. The highest BCUT2D eigenvalue weighted by molar-refractivity contribution is 5.93. The van der Waals surface area contributed by atoms with E-state index in [4.69, 9.17) is 0 Å². The molecule has 0 aromatic heterocycles. The van der Waals surface area contributed by atoms with Gasteiger partial charge in [-0.15, -0.1) is 0 Å². The second kappa shape index (κ2) is 10.5. The largest absolute Gasteiger partial charge is 0.349 e. The third kappa shape index (κ3) is 6.25. The molecule has 1 atom stereocenters. The summed E-state index contributed by atoms with van der Waals surface area (Å²) in [5, 5.41) is 3.01. The molecule has 0 heterocycles. The van der Waals surface area contributed by atoms with Crippen LogP contribution >= 0.6 is 0 Å². The second-order valence-corrected chi connectivity index (χ2v) is 7.50. The first-order valence-electron chi connectivity index (χ1n) is 10.4. The Bertz CT molecular complexity index is 1000. The molecule has 0 aliphatic rings. The lowest BCUT2D eigenvalue weighted by Gasteiger charge is -2.23. The van der Waals surface area contributed by atoms with Gasteiger partial charge >= 0.3 is 0 Å². The molecule has 0 bridgehead atoms. The van der Waals surface area contributed by atoms with Crippen LogP contribution in [0.25, 0.3) is 0 Å². The average Bonchev–Trinajstić information content (AvgIpc) is 2.79. The van der Waals surface area contributed by atoms with Crippen molar-refractivity contribution in [2.75, 3.05) is 4.90 Å². The number of carbonyl (C=O) groups excluding carboxylic acids is 2. The van der Waals surface area contributed by atoms with Gasteiger partial charge in [0.2, 0.25) is 11.8 Å². The van der Waals surface area contributed by atoms with Crippen LogP contribution in [-0.2, 0) is 22.6 Å². The highest BCUT2D eigenvalue weighted by Crippen LogP contribution is 2.20. The number of hydrogen-bond acceptors (Lipinski definition) is 2. The van der Waals surface area contributed by atoms with E-state index in [9.17, 15) is 14.0 Å². The number of rotatable bonds is 8. The molecular formula is C26H27FN2O2. The zero-order valence-corrected chi connectivity index (χ0v) is 17.8. The lowest BCUT2D eigenvalue weighted by molar-refractivity contribution is -0.121. The first-order valence-corrected chi connectivity index (χ1v) is 10.4. The van der Waals surface area contributed by atoms with Crippen molar-refractivity contribution < 1.29 is 14.0 Å². The Kier molecular flexibility index (Phi) is 7.55. The van der Waals surface area contributed by atoms with Crippen molar-refractivity contribution in [3.8, 4) is 0 Å². The Balaban J connectivity index is 1.65. The number of nitrogens with zero attached hydrogens (tertiary/aromatic N) is 1. The molecule has 0 saturated heterocycles. The van der Waals surface area contributed by atoms with E-state index in [1.165, 1.54) is 12.1 Å². The van der Waals surface area contributed by atoms with Gasteiger partial charge in [0, 0.05) is 12.1 Å². The summed E-state index contributed by atoms with van der Waals surface area (Å²) in [7, 11) is 0. The van der Waals surface area contributed by atoms with Gasteiger partial charge in [0.1, 0.15) is 5.82 Å². The molecule has 0 spiro atoms. The number of hydrogen-bond donors (Lipinski definition) is 1. The van der Waals surface area contributed by atoms with Crippen LogP contribution < -0.4 is 10.2 Å². The van der Waals surface area contributed by atoms with Gasteiger partial charge in [-0.25, -0.2) is 4.39 Å². The van der Waals surface area contributed by atoms with Gasteiger partial charge in [-0.05, 0) is 47.9 Å². The van der Waals surface area contributed by atoms with Crippen LogP contribution in [0, 0.1) is 5.82 Å². The number of amides is 2. The maximum atomic E-state index is 13.2. The molecule has 31 heavy (non-hydrogen) atoms. The Labute approximate surface area is 182 Å². The minimum absolute atomic E-state index is 0.0218. The molecule has 2 amide bonds. The lowest BCUT2D eigenvalue weighted by Crippen LogP contribution is -2.30. The van der Waals surface area contributed by atoms with Crippen molar-refractivity contribution in [3.05, 3.63) is 101 Å². The molecule has 0 radical (unpaired) electrons. The molecule has 5 heteroatoms. The minimum Gasteiger partial charge on any atom is -0.349 e. The van der Waals surface area contributed by atoms with Gasteiger partial charge in [-0.3, -0.25) is 9.59 Å². The van der Waals surface area contributed by atoms with Crippen LogP contribution in [0.5, 0.6) is 0 Å². The predicted molar refractivity (Wildman–Crippen MR) is 121 cm³/mol. The molecule has 0 saturated carbocycles. The highest BCUT2D eigenvalue weighted by atomic mass is 19.1. The number of benzene rings is 3. The first kappa shape index (κ1) is 22.2. The van der Waals surface area contributed by atoms with Gasteiger partial charge in [0.25, 0.3) is 0 Å². The fourth-order valence-corrected chi connectivity index (χ4v) is 3.38. The van der Waals surface area contributed by atoms with E-state index in [1.54, 1.807) is 17.0 Å². The summed E-state index contributed by atoms with van der Waals surface area (Å²) < 4.78 is 13.2. The highest BCUT2D eigenvalue weighted by Gasteiger charge is 2.15. The van der Waals surface area contributed by atoms with E-state index in [2.05, 4.69) is 5.32 Å². The van der Waals surface area contributed by atoms with Gasteiger partial charge in [-0.1, -0.05) is 61.5 Å². The van der Waals surface area contributed by atoms with E-state index >= 15 is 0 Å². The van der Waals surface area contributed by atoms with Crippen LogP contribution in [0.1, 0.15) is 43.0 Å². The van der Waals surface area contributed by atoms with E-state index in [0.29, 0.717) is 13.0 Å². The van der Waals surface area contributed by atoms with Gasteiger partial charge in [-0.2, -0.15) is 0 Å². The topological polar surface area (TPSA) is 49.4 Å². The molecule has 160 valence electrons. The summed E-state index contributed by atoms with van der Waals surface area (Å²) in [5.74, 6) is -0.384. The smallest absolute Gasteiger partial charge is 0.227 e. The molecular weight excluding hydrogens is 391 g/mol. The normalized spacial score (nSPS) is 11.6. The molecule has 3 aromatic rings. The second-order valence-electron chi connectivity index (χ2n) is 7.50. The predicted octanol–water partition coefficient (Wildman–Crippen LogP) is 5.19. The summed E-state index contributed by atoms with van der Waals surface area (Å²) in [6, 6.07) is 23.3. The number of carbonyl (C=O) groups is 2. The van der Waals surface area contributed by atoms with Crippen LogP contribution in [0.3, 0.4) is 0 Å². The lowest BCUT2D eigenvalue weighted by atomic mass is 10.1. The van der Waals surface area contributed by atoms with Crippen molar-refractivity contribution in [2.45, 2.75) is 39.3 Å². The summed E-state index contributed by atoms with van der Waals surface area (Å²) >= 11 is 0. The third-order valence-electron chi connectivity index (χ3n) is 5.15. The Morgan fingerprint density at radius 1 is 0.903 bits per heavy atom. The van der Waals surface area contributed by atoms with Crippen molar-refractivity contribution >= 4 is 17.5 Å². The first-order chi connectivity index (χ1) is 15.0. The SMILES string of the molecule is CCC(=O)N(Cc1ccc(F)cc1)c1ccc(CC(=O)N[C@H](C)c2ccccc2)cc1. The van der Waals surface area contributed by atoms with E-state index in [1.807, 2.05) is 68.4 Å². The number of nitrogens with one attached hydrogen (secondary N) is 1. The Morgan fingerprint density at radius 2 is 1.52 bits per heavy atom. The van der Waals surface area contributed by atoms with Crippen LogP contribution in [0.2, 0.25) is 0 Å². The van der Waals surface area contributed by atoms with Gasteiger partial charge < -0.3 is 10.2 Å². The van der Waals surface area contributed by atoms with E-state index < -0.39 is 0 Å². The Hall–Kier alpha value is -3.47. The molecule has 3 rings (SSSR count). The fourth-order valence-electron chi connectivity index (χ4n) is 3.38. The van der Waals surface area contributed by atoms with Gasteiger partial charge in [0.15, 0.2) is 0 Å². The average molecular weight is 419 g/mol. The fraction of sp³-hybridized carbons (Fsp3) is 0.231. The minimum atomic E-state index is -0.304. The standard InChI is InChI=1S/C26H27FN2O2/c1-3-26(31)29(18-21-9-13-23(27)14-10-21)24-15-11-20(12-16-24)17-25(30)28-19(2)22-7-5-4-6-8-22/h4-16,19H,3,17-18H2,1-2H3,(H,28,30)/t19-/m1/s1. The number of anilines is 1. The summed E-state index contributed by atoms with van der Waals surface area (Å²) in [6.45, 7) is 4.13. The summed E-state index contributed by atoms with van der Waals surface area (Å²) in [4.78, 5) is 26.6. The van der Waals surface area contributed by atoms with Crippen molar-refractivity contribution in [3.63, 3.8) is 0 Å². The summed E-state index contributed by atoms with van der Waals surface area (Å²) in [5.41, 5.74) is 3.52. The quantitative estimate of drug-likeness (QED) is 0.547. The van der Waals surface area contributed by atoms with Crippen molar-refractivity contribution in [1.82, 2.24) is 5.32 Å². The molecule has 3 aromatic carbocycles. The monoisotopic (exact) mass is 418 g/mol. The molecule has 0 fully saturated rings. The molecule has 4 nitrogen and oxygen atoms in total. The van der Waals surface area contributed by atoms with Crippen LogP contribution in [0.15, 0.2) is 78.9 Å². The van der Waals surface area contributed by atoms with Crippen molar-refractivity contribution in [2.24, 2.45) is 0 Å². The van der Waals surface area contributed by atoms with Crippen LogP contribution in [-0.4, -0.2) is 11.8 Å². The zero-order chi connectivity index (χ0) is 22.2. The zero-order valence-electron chi connectivity index (χ0n) is 17.8. The maximum Gasteiger partial charge on any atom is 0.227 e. The molecule has 0 aliphatic heterocycles. The summed E-state index contributed by atoms with van der Waals surface area (Å²) in [6.07, 6.45) is 0.625. The van der Waals surface area contributed by atoms with E-state index in [-0.39, 0.29) is 30.1 Å². The molecule has 1 N–H and O–H groups in total.